The average molecular weight is 193 g/mol. The van der Waals surface area contributed by atoms with Gasteiger partial charge in [-0.25, -0.2) is 0 Å². The lowest BCUT2D eigenvalue weighted by Gasteiger charge is -2.19. The zero-order valence-electron chi connectivity index (χ0n) is 12.6. The second-order valence-electron chi connectivity index (χ2n) is 1.60. The summed E-state index contributed by atoms with van der Waals surface area (Å²) in [6, 6.07) is 0. The van der Waals surface area contributed by atoms with Gasteiger partial charge < -0.3 is 25.5 Å². The molecule has 6 nitrogen and oxygen atoms in total. The Bertz CT molecular complexity index is 367. The number of carbonyl (C=O) groups is 1. The number of Topliss-reactive ketones (excluding diaryl/α,β-unsaturated/α-hetero) is 1. The highest BCUT2D eigenvalue weighted by molar-refractivity contribution is 5.84. The first-order valence-corrected chi connectivity index (χ1v) is 2.57. The molecule has 0 spiro atoms. The molecule has 0 aliphatic carbocycles. The van der Waals surface area contributed by atoms with Crippen LogP contribution in [-0.4, -0.2) is 62.7 Å². The van der Waals surface area contributed by atoms with Crippen molar-refractivity contribution in [2.24, 2.45) is 0 Å². The van der Waals surface area contributed by atoms with Gasteiger partial charge in [0, 0.05) is 0 Å². The maximum Gasteiger partial charge on any atom is 0.189 e. The molecule has 0 aromatic carbocycles. The second kappa shape index (κ2) is 5.18. The van der Waals surface area contributed by atoms with E-state index in [1.54, 1.807) is 0 Å². The van der Waals surface area contributed by atoms with Crippen molar-refractivity contribution in [3.63, 3.8) is 0 Å². The zero-order chi connectivity index (χ0) is 16.1. The minimum Gasteiger partial charge on any atom is -0.394 e. The van der Waals surface area contributed by atoms with Crippen LogP contribution in [-0.2, 0) is 4.79 Å². The SMILES string of the molecule is [2H][13C]([2H])(O)[13C](=O)[13C@@]([2H])(O)[13C@]([2H])(O)[13C@]([2H])(O)[13C]([2H])([2H])O. The molecule has 0 unspecified atom stereocenters. The van der Waals surface area contributed by atoms with Crippen LogP contribution in [0.4, 0.5) is 0 Å². The zero-order valence-corrected chi connectivity index (χ0v) is 5.64. The van der Waals surface area contributed by atoms with Gasteiger partial charge in [-0.05, 0) is 0 Å². The third-order valence-electron chi connectivity index (χ3n) is 0.871. The van der Waals surface area contributed by atoms with E-state index in [4.69, 9.17) is 19.8 Å². The minimum absolute atomic E-state index is 2.53. The summed E-state index contributed by atoms with van der Waals surface area (Å²) in [5.41, 5.74) is 0. The lowest BCUT2D eigenvalue weighted by Crippen LogP contribution is -2.44. The second-order valence-corrected chi connectivity index (χ2v) is 1.60. The first-order chi connectivity index (χ1) is 7.90. The molecule has 0 aromatic rings. The summed E-state index contributed by atoms with van der Waals surface area (Å²) in [5, 5.41) is 45.2. The Balaban J connectivity index is 5.86. The summed E-state index contributed by atoms with van der Waals surface area (Å²) in [4.78, 5) is 11.2. The van der Waals surface area contributed by atoms with Crippen LogP contribution in [0.1, 0.15) is 9.60 Å². The molecule has 0 aliphatic heterocycles. The molecule has 0 radical (unpaired) electrons. The number of hydrogen-bond donors (Lipinski definition) is 5. The topological polar surface area (TPSA) is 118 Å². The van der Waals surface area contributed by atoms with Crippen LogP contribution in [0, 0.1) is 0 Å². The Morgan fingerprint density at radius 1 is 1.42 bits per heavy atom. The first-order valence-electron chi connectivity index (χ1n) is 6.07. The predicted molar refractivity (Wildman–Crippen MR) is 37.2 cm³/mol. The molecule has 0 amide bonds. The molecule has 0 heterocycles. The molecule has 0 fully saturated rings. The van der Waals surface area contributed by atoms with Crippen LogP contribution >= 0.6 is 0 Å². The summed E-state index contributed by atoms with van der Waals surface area (Å²) < 4.78 is 47.1. The maximum absolute atomic E-state index is 11.2. The van der Waals surface area contributed by atoms with Crippen LogP contribution in [0.2, 0.25) is 0 Å². The Hall–Kier alpha value is -0.530. The van der Waals surface area contributed by atoms with E-state index in [1.165, 1.54) is 0 Å². The largest absolute Gasteiger partial charge is 0.394 e. The van der Waals surface area contributed by atoms with Crippen molar-refractivity contribution in [1.29, 1.82) is 0 Å². The summed E-state index contributed by atoms with van der Waals surface area (Å²) >= 11 is 0. The molecule has 3 atom stereocenters. The fourth-order valence-electron chi connectivity index (χ4n) is 0.326. The Morgan fingerprint density at radius 2 is 1.92 bits per heavy atom. The highest BCUT2D eigenvalue weighted by Crippen LogP contribution is 2.00. The molecule has 0 rings (SSSR count). The van der Waals surface area contributed by atoms with Crippen molar-refractivity contribution >= 4 is 5.78 Å². The highest BCUT2D eigenvalue weighted by atomic mass is 16.6. The molecule has 0 saturated heterocycles. The number of rotatable bonds is 5. The van der Waals surface area contributed by atoms with Crippen LogP contribution in [0.25, 0.3) is 0 Å². The quantitative estimate of drug-likeness (QED) is 0.291. The van der Waals surface area contributed by atoms with Gasteiger partial charge in [0.05, 0.1) is 16.2 Å². The molecule has 12 heavy (non-hydrogen) atoms. The van der Waals surface area contributed by atoms with Gasteiger partial charge in [-0.2, -0.15) is 0 Å². The minimum atomic E-state index is -4.43. The van der Waals surface area contributed by atoms with Gasteiger partial charge in [-0.15, -0.1) is 0 Å². The number of aliphatic hydroxyl groups is 5. The van der Waals surface area contributed by atoms with Crippen molar-refractivity contribution in [2.75, 3.05) is 13.1 Å². The molecule has 0 bridgehead atoms. The molecule has 6 heteroatoms. The normalized spacial score (nSPS) is 37.2. The van der Waals surface area contributed by atoms with Crippen LogP contribution in [0.15, 0.2) is 0 Å². The Labute approximate surface area is 78.5 Å². The van der Waals surface area contributed by atoms with Crippen molar-refractivity contribution in [3.8, 4) is 0 Å². The highest BCUT2D eigenvalue weighted by Gasteiger charge is 2.28. The van der Waals surface area contributed by atoms with Crippen molar-refractivity contribution in [3.05, 3.63) is 0 Å². The van der Waals surface area contributed by atoms with Gasteiger partial charge in [0.1, 0.15) is 24.8 Å². The van der Waals surface area contributed by atoms with E-state index in [0.29, 0.717) is 0 Å². The van der Waals surface area contributed by atoms with E-state index < -0.39 is 37.1 Å². The average Bonchev–Trinajstić information content (AvgIpc) is 2.12. The number of carbonyl (C=O) groups excluding carboxylic acids is 1. The van der Waals surface area contributed by atoms with Crippen molar-refractivity contribution < 1.29 is 39.9 Å². The molecule has 0 aromatic heterocycles. The number of ketones is 1. The van der Waals surface area contributed by atoms with Gasteiger partial charge in [0.15, 0.2) is 5.78 Å². The van der Waals surface area contributed by atoms with Gasteiger partial charge in [0.25, 0.3) is 0 Å². The molecule has 5 N–H and O–H groups in total. The maximum atomic E-state index is 11.2. The molecular formula is C6H12O6. The van der Waals surface area contributed by atoms with E-state index in [2.05, 4.69) is 0 Å². The third kappa shape index (κ3) is 2.84. The van der Waals surface area contributed by atoms with Gasteiger partial charge in [-0.1, -0.05) is 0 Å². The predicted octanol–water partition coefficient (Wildman–Crippen LogP) is -3.38. The Morgan fingerprint density at radius 3 is 2.25 bits per heavy atom. The molecule has 0 aliphatic rings. The van der Waals surface area contributed by atoms with Crippen molar-refractivity contribution in [1.82, 2.24) is 0 Å². The smallest absolute Gasteiger partial charge is 0.189 e. The van der Waals surface area contributed by atoms with Crippen LogP contribution in [0.5, 0.6) is 0 Å². The summed E-state index contributed by atoms with van der Waals surface area (Å²) in [7, 11) is 0. The summed E-state index contributed by atoms with van der Waals surface area (Å²) in [6.07, 6.45) is -13.1. The summed E-state index contributed by atoms with van der Waals surface area (Å²) in [6.45, 7) is -7.97. The number of hydrogen-bond acceptors (Lipinski definition) is 6. The van der Waals surface area contributed by atoms with E-state index in [0.717, 1.165) is 0 Å². The molecular weight excluding hydrogens is 174 g/mol. The van der Waals surface area contributed by atoms with Crippen molar-refractivity contribution in [2.45, 2.75) is 18.2 Å². The van der Waals surface area contributed by atoms with Gasteiger partial charge in [0.2, 0.25) is 0 Å². The standard InChI is InChI=1S/C6H12O6/c7-1-3(9)5(11)6(12)4(10)2-8/h3,5-9,11-12H,1-2H2/t3-,5-,6-/m1/s1/i1+1D2,2+1D2,3+1D,4+1,5+1D,6+1D. The van der Waals surface area contributed by atoms with Gasteiger partial charge >= 0.3 is 0 Å². The van der Waals surface area contributed by atoms with Gasteiger partial charge in [-0.3, -0.25) is 4.79 Å². The van der Waals surface area contributed by atoms with Crippen LogP contribution in [0.3, 0.4) is 0 Å². The fraction of sp³-hybridized carbons (Fsp3) is 0.833. The molecule has 72 valence electrons. The van der Waals surface area contributed by atoms with E-state index in [9.17, 15) is 20.1 Å². The van der Waals surface area contributed by atoms with E-state index >= 15 is 0 Å². The lowest BCUT2D eigenvalue weighted by molar-refractivity contribution is -0.142. The first kappa shape index (κ1) is 4.12. The molecule has 0 saturated carbocycles. The Kier molecular flexibility index (Phi) is 1.78. The fourth-order valence-corrected chi connectivity index (χ4v) is 0.326. The monoisotopic (exact) mass is 193 g/mol. The van der Waals surface area contributed by atoms with E-state index in [1.807, 2.05) is 0 Å². The summed E-state index contributed by atoms with van der Waals surface area (Å²) in [5.74, 6) is -2.53. The third-order valence-corrected chi connectivity index (χ3v) is 0.871. The van der Waals surface area contributed by atoms with Crippen LogP contribution < -0.4 is 0 Å². The van der Waals surface area contributed by atoms with E-state index in [-0.39, 0.29) is 0 Å². The lowest BCUT2D eigenvalue weighted by atomic mass is 11.0.